The molecule has 0 amide bonds. The van der Waals surface area contributed by atoms with Crippen LogP contribution in [0.15, 0.2) is 0 Å². The highest BCUT2D eigenvalue weighted by atomic mass is 15.1. The predicted octanol–water partition coefficient (Wildman–Crippen LogP) is 2.99. The van der Waals surface area contributed by atoms with Crippen LogP contribution in [0.4, 0.5) is 0 Å². The number of nitrogens with one attached hydrogen (secondary N) is 1. The Balaban J connectivity index is 3.71. The Bertz CT molecular complexity index is 157. The molecule has 98 valence electrons. The molecule has 0 aliphatic rings. The van der Waals surface area contributed by atoms with Crippen molar-refractivity contribution in [2.75, 3.05) is 26.7 Å². The molecule has 0 saturated carbocycles. The highest BCUT2D eigenvalue weighted by molar-refractivity contribution is 4.69. The van der Waals surface area contributed by atoms with Crippen molar-refractivity contribution in [3.63, 3.8) is 0 Å². The van der Waals surface area contributed by atoms with Crippen molar-refractivity contribution >= 4 is 0 Å². The van der Waals surface area contributed by atoms with Crippen LogP contribution in [-0.4, -0.2) is 37.6 Å². The van der Waals surface area contributed by atoms with Gasteiger partial charge < -0.3 is 10.2 Å². The molecule has 0 aromatic heterocycles. The van der Waals surface area contributed by atoms with Gasteiger partial charge in [0.15, 0.2) is 0 Å². The van der Waals surface area contributed by atoms with Crippen LogP contribution < -0.4 is 5.32 Å². The number of hydrogen-bond acceptors (Lipinski definition) is 2. The minimum Gasteiger partial charge on any atom is -0.316 e. The molecule has 0 saturated heterocycles. The third kappa shape index (κ3) is 8.12. The van der Waals surface area contributed by atoms with Crippen molar-refractivity contribution in [2.45, 2.75) is 53.5 Å². The summed E-state index contributed by atoms with van der Waals surface area (Å²) in [5.41, 5.74) is 0. The Labute approximate surface area is 103 Å². The van der Waals surface area contributed by atoms with E-state index in [1.54, 1.807) is 0 Å². The molecule has 0 heterocycles. The lowest BCUT2D eigenvalue weighted by Gasteiger charge is -2.28. The second-order valence-corrected chi connectivity index (χ2v) is 5.73. The fourth-order valence-corrected chi connectivity index (χ4v) is 2.12. The lowest BCUT2D eigenvalue weighted by Crippen LogP contribution is -2.37. The summed E-state index contributed by atoms with van der Waals surface area (Å²) in [4.78, 5) is 2.50. The molecule has 2 heteroatoms. The molecule has 0 spiro atoms. The molecule has 2 unspecified atom stereocenters. The van der Waals surface area contributed by atoms with Crippen molar-refractivity contribution < 1.29 is 0 Å². The molecule has 0 aliphatic carbocycles. The molecule has 0 radical (unpaired) electrons. The van der Waals surface area contributed by atoms with E-state index in [1.807, 2.05) is 0 Å². The van der Waals surface area contributed by atoms with Gasteiger partial charge in [-0.1, -0.05) is 27.7 Å². The lowest BCUT2D eigenvalue weighted by molar-refractivity contribution is 0.199. The maximum atomic E-state index is 3.49. The Hall–Kier alpha value is -0.0800. The van der Waals surface area contributed by atoms with Gasteiger partial charge in [0.05, 0.1) is 0 Å². The van der Waals surface area contributed by atoms with Crippen LogP contribution in [0.1, 0.15) is 47.5 Å². The molecule has 0 aromatic carbocycles. The maximum Gasteiger partial charge on any atom is 0.00664 e. The van der Waals surface area contributed by atoms with Crippen LogP contribution in [0, 0.1) is 11.8 Å². The number of rotatable bonds is 9. The summed E-state index contributed by atoms with van der Waals surface area (Å²) >= 11 is 0. The van der Waals surface area contributed by atoms with E-state index in [4.69, 9.17) is 0 Å². The van der Waals surface area contributed by atoms with E-state index in [-0.39, 0.29) is 0 Å². The molecule has 2 atom stereocenters. The molecule has 16 heavy (non-hydrogen) atoms. The largest absolute Gasteiger partial charge is 0.316 e. The van der Waals surface area contributed by atoms with Crippen molar-refractivity contribution in [1.29, 1.82) is 0 Å². The zero-order chi connectivity index (χ0) is 12.6. The Morgan fingerprint density at radius 1 is 1.12 bits per heavy atom. The van der Waals surface area contributed by atoms with Gasteiger partial charge >= 0.3 is 0 Å². The van der Waals surface area contributed by atoms with E-state index in [2.05, 4.69) is 51.9 Å². The van der Waals surface area contributed by atoms with Crippen LogP contribution in [0.25, 0.3) is 0 Å². The van der Waals surface area contributed by atoms with Crippen LogP contribution in [0.5, 0.6) is 0 Å². The van der Waals surface area contributed by atoms with Gasteiger partial charge in [-0.15, -0.1) is 0 Å². The molecule has 0 aliphatic heterocycles. The fourth-order valence-electron chi connectivity index (χ4n) is 2.12. The molecule has 0 fully saturated rings. The van der Waals surface area contributed by atoms with Gasteiger partial charge in [-0.2, -0.15) is 0 Å². The average Bonchev–Trinajstić information content (AvgIpc) is 2.16. The van der Waals surface area contributed by atoms with E-state index >= 15 is 0 Å². The van der Waals surface area contributed by atoms with Crippen LogP contribution in [-0.2, 0) is 0 Å². The summed E-state index contributed by atoms with van der Waals surface area (Å²) in [6, 6.07) is 0.702. The zero-order valence-corrected chi connectivity index (χ0v) is 12.2. The Morgan fingerprint density at radius 2 is 1.75 bits per heavy atom. The first-order chi connectivity index (χ1) is 7.47. The first-order valence-electron chi connectivity index (χ1n) is 6.88. The summed E-state index contributed by atoms with van der Waals surface area (Å²) in [6.07, 6.45) is 2.53. The SMILES string of the molecule is CCCNCC(C)CN(C)C(C)CC(C)C. The monoisotopic (exact) mass is 228 g/mol. The van der Waals surface area contributed by atoms with Gasteiger partial charge in [-0.05, 0) is 51.7 Å². The van der Waals surface area contributed by atoms with Gasteiger partial charge in [0.2, 0.25) is 0 Å². The summed E-state index contributed by atoms with van der Waals surface area (Å²) < 4.78 is 0. The van der Waals surface area contributed by atoms with Gasteiger partial charge in [-0.3, -0.25) is 0 Å². The van der Waals surface area contributed by atoms with Crippen LogP contribution in [0.3, 0.4) is 0 Å². The molecular formula is C14H32N2. The zero-order valence-electron chi connectivity index (χ0n) is 12.2. The third-order valence-electron chi connectivity index (χ3n) is 3.08. The smallest absolute Gasteiger partial charge is 0.00664 e. The molecule has 0 rings (SSSR count). The van der Waals surface area contributed by atoms with Crippen molar-refractivity contribution in [2.24, 2.45) is 11.8 Å². The van der Waals surface area contributed by atoms with Crippen molar-refractivity contribution in [3.05, 3.63) is 0 Å². The lowest BCUT2D eigenvalue weighted by atomic mass is 10.0. The van der Waals surface area contributed by atoms with Crippen LogP contribution in [0.2, 0.25) is 0 Å². The number of nitrogens with zero attached hydrogens (tertiary/aromatic N) is 1. The Morgan fingerprint density at radius 3 is 2.25 bits per heavy atom. The van der Waals surface area contributed by atoms with Crippen molar-refractivity contribution in [1.82, 2.24) is 10.2 Å². The molecule has 1 N–H and O–H groups in total. The van der Waals surface area contributed by atoms with Gasteiger partial charge in [0.25, 0.3) is 0 Å². The Kier molecular flexibility index (Phi) is 8.96. The predicted molar refractivity (Wildman–Crippen MR) is 73.9 cm³/mol. The first kappa shape index (κ1) is 15.9. The standard InChI is InChI=1S/C14H32N2/c1-7-8-15-10-13(4)11-16(6)14(5)9-12(2)3/h12-15H,7-11H2,1-6H3. The molecule has 0 bridgehead atoms. The quantitative estimate of drug-likeness (QED) is 0.610. The van der Waals surface area contributed by atoms with Crippen LogP contribution >= 0.6 is 0 Å². The average molecular weight is 228 g/mol. The van der Waals surface area contributed by atoms with Gasteiger partial charge in [0.1, 0.15) is 0 Å². The van der Waals surface area contributed by atoms with Crippen molar-refractivity contribution in [3.8, 4) is 0 Å². The fraction of sp³-hybridized carbons (Fsp3) is 1.00. The van der Waals surface area contributed by atoms with E-state index < -0.39 is 0 Å². The second-order valence-electron chi connectivity index (χ2n) is 5.73. The maximum absolute atomic E-state index is 3.49. The van der Waals surface area contributed by atoms with Gasteiger partial charge in [-0.25, -0.2) is 0 Å². The molecule has 0 aromatic rings. The topological polar surface area (TPSA) is 15.3 Å². The summed E-state index contributed by atoms with van der Waals surface area (Å²) in [6.45, 7) is 15.0. The van der Waals surface area contributed by atoms with Gasteiger partial charge in [0, 0.05) is 12.6 Å². The van der Waals surface area contributed by atoms with E-state index in [1.165, 1.54) is 19.4 Å². The first-order valence-corrected chi connectivity index (χ1v) is 6.88. The molecular weight excluding hydrogens is 196 g/mol. The van der Waals surface area contributed by atoms with E-state index in [0.717, 1.165) is 24.9 Å². The molecule has 2 nitrogen and oxygen atoms in total. The second kappa shape index (κ2) is 9.00. The highest BCUT2D eigenvalue weighted by Crippen LogP contribution is 2.10. The number of hydrogen-bond donors (Lipinski definition) is 1. The highest BCUT2D eigenvalue weighted by Gasteiger charge is 2.13. The van der Waals surface area contributed by atoms with E-state index in [9.17, 15) is 0 Å². The minimum atomic E-state index is 0.702. The summed E-state index contributed by atoms with van der Waals surface area (Å²) in [5, 5.41) is 3.49. The summed E-state index contributed by atoms with van der Waals surface area (Å²) in [7, 11) is 2.25. The van der Waals surface area contributed by atoms with E-state index in [0.29, 0.717) is 6.04 Å². The third-order valence-corrected chi connectivity index (χ3v) is 3.08. The summed E-state index contributed by atoms with van der Waals surface area (Å²) in [5.74, 6) is 1.54. The minimum absolute atomic E-state index is 0.702. The normalized spacial score (nSPS) is 15.8.